The van der Waals surface area contributed by atoms with Gasteiger partial charge < -0.3 is 5.32 Å². The molecule has 2 heterocycles. The summed E-state index contributed by atoms with van der Waals surface area (Å²) in [7, 11) is 0. The van der Waals surface area contributed by atoms with E-state index in [0.29, 0.717) is 22.3 Å². The fraction of sp³-hybridized carbons (Fsp3) is 0.176. The average Bonchev–Trinajstić information content (AvgIpc) is 3.07. The van der Waals surface area contributed by atoms with Crippen LogP contribution < -0.4 is 5.32 Å². The number of carbonyl (C=O) groups excluding carboxylic acids is 1. The van der Waals surface area contributed by atoms with E-state index >= 15 is 0 Å². The summed E-state index contributed by atoms with van der Waals surface area (Å²) in [5.74, 6) is -0.126. The smallest absolute Gasteiger partial charge is 0.301 e. The number of nitrogens with one attached hydrogen (secondary N) is 1. The molecule has 2 aromatic heterocycles. The van der Waals surface area contributed by atoms with Gasteiger partial charge in [-0.05, 0) is 17.7 Å². The Bertz CT molecular complexity index is 916. The van der Waals surface area contributed by atoms with Crippen molar-refractivity contribution in [1.29, 1.82) is 0 Å². The molecule has 27 heavy (non-hydrogen) atoms. The molecule has 0 bridgehead atoms. The van der Waals surface area contributed by atoms with Crippen LogP contribution in [0.2, 0.25) is 0 Å². The summed E-state index contributed by atoms with van der Waals surface area (Å²) < 4.78 is 38.3. The summed E-state index contributed by atoms with van der Waals surface area (Å²) in [6.07, 6.45) is 0.670. The minimum absolute atomic E-state index is 0.132. The predicted molar refractivity (Wildman–Crippen MR) is 97.7 cm³/mol. The number of anilines is 1. The summed E-state index contributed by atoms with van der Waals surface area (Å²) in [4.78, 5) is 24.8. The number of hydrogen-bond acceptors (Lipinski definition) is 6. The molecule has 0 saturated heterocycles. The highest BCUT2D eigenvalue weighted by Crippen LogP contribution is 2.30. The van der Waals surface area contributed by atoms with Gasteiger partial charge in [0.15, 0.2) is 10.3 Å². The van der Waals surface area contributed by atoms with Crippen LogP contribution >= 0.6 is 23.1 Å². The lowest BCUT2D eigenvalue weighted by Crippen LogP contribution is -2.13. The Hall–Kier alpha value is -2.46. The van der Waals surface area contributed by atoms with Crippen LogP contribution in [0.15, 0.2) is 54.1 Å². The van der Waals surface area contributed by atoms with Gasteiger partial charge in [0.05, 0.1) is 11.3 Å². The monoisotopic (exact) mass is 410 g/mol. The molecular formula is C17H13F3N4OS2. The average molecular weight is 410 g/mol. The largest absolute Gasteiger partial charge is 0.416 e. The summed E-state index contributed by atoms with van der Waals surface area (Å²) in [5.41, 5.74) is -0.152. The molecule has 0 radical (unpaired) electrons. The van der Waals surface area contributed by atoms with E-state index in [2.05, 4.69) is 20.3 Å². The zero-order chi connectivity index (χ0) is 19.3. The van der Waals surface area contributed by atoms with Crippen molar-refractivity contribution in [3.05, 3.63) is 64.9 Å². The van der Waals surface area contributed by atoms with Crippen LogP contribution in [-0.2, 0) is 17.4 Å². The van der Waals surface area contributed by atoms with Crippen LogP contribution in [0.4, 0.5) is 18.3 Å². The molecule has 10 heteroatoms. The van der Waals surface area contributed by atoms with Crippen molar-refractivity contribution in [3.63, 3.8) is 0 Å². The number of benzene rings is 1. The van der Waals surface area contributed by atoms with Crippen molar-refractivity contribution in [3.8, 4) is 0 Å². The molecule has 0 saturated carbocycles. The van der Waals surface area contributed by atoms with Gasteiger partial charge in [-0.15, -0.1) is 11.3 Å². The topological polar surface area (TPSA) is 67.8 Å². The summed E-state index contributed by atoms with van der Waals surface area (Å²) in [6, 6.07) is 6.85. The van der Waals surface area contributed by atoms with Crippen molar-refractivity contribution >= 4 is 34.1 Å². The van der Waals surface area contributed by atoms with Gasteiger partial charge in [0.2, 0.25) is 5.91 Å². The zero-order valence-corrected chi connectivity index (χ0v) is 15.4. The van der Waals surface area contributed by atoms with Crippen molar-refractivity contribution < 1.29 is 18.0 Å². The standard InChI is InChI=1S/C17H13F3N4OS2/c18-17(19,20)12-4-1-3-11(7-12)8-13-9-23-16(27-13)24-14(25)10-26-15-21-5-2-6-22-15/h1-7,9H,8,10H2,(H,23,24,25). The van der Waals surface area contributed by atoms with Gasteiger partial charge in [-0.2, -0.15) is 13.2 Å². The number of thioether (sulfide) groups is 1. The summed E-state index contributed by atoms with van der Waals surface area (Å²) >= 11 is 2.42. The van der Waals surface area contributed by atoms with Crippen LogP contribution in [-0.4, -0.2) is 26.6 Å². The van der Waals surface area contributed by atoms with Gasteiger partial charge in [0, 0.05) is 29.9 Å². The molecule has 1 N–H and O–H groups in total. The maximum atomic E-state index is 12.8. The first kappa shape index (κ1) is 19.3. The van der Waals surface area contributed by atoms with E-state index in [4.69, 9.17) is 0 Å². The maximum Gasteiger partial charge on any atom is 0.416 e. The Kier molecular flexibility index (Phi) is 6.07. The Morgan fingerprint density at radius 1 is 1.15 bits per heavy atom. The number of aromatic nitrogens is 3. The summed E-state index contributed by atoms with van der Waals surface area (Å²) in [5, 5.41) is 3.56. The molecule has 0 aliphatic heterocycles. The molecule has 1 aromatic carbocycles. The first-order valence-electron chi connectivity index (χ1n) is 7.70. The quantitative estimate of drug-likeness (QED) is 0.485. The highest BCUT2D eigenvalue weighted by atomic mass is 32.2. The van der Waals surface area contributed by atoms with Gasteiger partial charge in [0.25, 0.3) is 0 Å². The lowest BCUT2D eigenvalue weighted by atomic mass is 10.1. The minimum atomic E-state index is -4.37. The second-order valence-electron chi connectivity index (χ2n) is 5.37. The predicted octanol–water partition coefficient (Wildman–Crippen LogP) is 4.27. The van der Waals surface area contributed by atoms with E-state index in [1.165, 1.54) is 29.2 Å². The molecule has 0 spiro atoms. The van der Waals surface area contributed by atoms with Gasteiger partial charge >= 0.3 is 6.18 Å². The van der Waals surface area contributed by atoms with Crippen molar-refractivity contribution in [2.24, 2.45) is 0 Å². The van der Waals surface area contributed by atoms with Crippen LogP contribution in [0, 0.1) is 0 Å². The molecule has 140 valence electrons. The number of carbonyl (C=O) groups is 1. The third kappa shape index (κ3) is 5.76. The number of alkyl halides is 3. The van der Waals surface area contributed by atoms with E-state index in [0.717, 1.165) is 17.0 Å². The minimum Gasteiger partial charge on any atom is -0.301 e. The maximum absolute atomic E-state index is 12.8. The Labute approximate surface area is 161 Å². The number of nitrogens with zero attached hydrogens (tertiary/aromatic N) is 3. The normalized spacial score (nSPS) is 11.4. The molecule has 0 unspecified atom stereocenters. The molecule has 1 amide bonds. The number of halogens is 3. The Morgan fingerprint density at radius 2 is 1.93 bits per heavy atom. The van der Waals surface area contributed by atoms with Gasteiger partial charge in [-0.3, -0.25) is 4.79 Å². The lowest BCUT2D eigenvalue weighted by molar-refractivity contribution is -0.137. The highest BCUT2D eigenvalue weighted by molar-refractivity contribution is 7.99. The Balaban J connectivity index is 1.56. The van der Waals surface area contributed by atoms with Gasteiger partial charge in [0.1, 0.15) is 0 Å². The number of amides is 1. The molecule has 3 rings (SSSR count). The third-order valence-electron chi connectivity index (χ3n) is 3.31. The first-order chi connectivity index (χ1) is 12.9. The highest BCUT2D eigenvalue weighted by Gasteiger charge is 2.30. The van der Waals surface area contributed by atoms with Gasteiger partial charge in [-0.1, -0.05) is 30.0 Å². The van der Waals surface area contributed by atoms with E-state index in [-0.39, 0.29) is 11.7 Å². The molecule has 5 nitrogen and oxygen atoms in total. The van der Waals surface area contributed by atoms with Crippen LogP contribution in [0.5, 0.6) is 0 Å². The van der Waals surface area contributed by atoms with Crippen LogP contribution in [0.3, 0.4) is 0 Å². The van der Waals surface area contributed by atoms with Crippen LogP contribution in [0.1, 0.15) is 16.0 Å². The fourth-order valence-electron chi connectivity index (χ4n) is 2.15. The third-order valence-corrected chi connectivity index (χ3v) is 5.10. The molecular weight excluding hydrogens is 397 g/mol. The summed E-state index contributed by atoms with van der Waals surface area (Å²) in [6.45, 7) is 0. The molecule has 3 aromatic rings. The number of rotatable bonds is 6. The first-order valence-corrected chi connectivity index (χ1v) is 9.51. The number of hydrogen-bond donors (Lipinski definition) is 1. The molecule has 0 aliphatic carbocycles. The van der Waals surface area contributed by atoms with Gasteiger partial charge in [-0.25, -0.2) is 15.0 Å². The zero-order valence-electron chi connectivity index (χ0n) is 13.7. The Morgan fingerprint density at radius 3 is 2.67 bits per heavy atom. The van der Waals surface area contributed by atoms with E-state index in [1.807, 2.05) is 0 Å². The van der Waals surface area contributed by atoms with E-state index in [1.54, 1.807) is 30.7 Å². The van der Waals surface area contributed by atoms with Crippen molar-refractivity contribution in [2.45, 2.75) is 17.8 Å². The lowest BCUT2D eigenvalue weighted by Gasteiger charge is -2.07. The van der Waals surface area contributed by atoms with Crippen molar-refractivity contribution in [1.82, 2.24) is 15.0 Å². The fourth-order valence-corrected chi connectivity index (χ4v) is 3.62. The second-order valence-corrected chi connectivity index (χ2v) is 7.43. The molecule has 0 fully saturated rings. The molecule has 0 atom stereocenters. The van der Waals surface area contributed by atoms with Crippen LogP contribution in [0.25, 0.3) is 0 Å². The van der Waals surface area contributed by atoms with E-state index in [9.17, 15) is 18.0 Å². The van der Waals surface area contributed by atoms with E-state index < -0.39 is 11.7 Å². The SMILES string of the molecule is O=C(CSc1ncccn1)Nc1ncc(Cc2cccc(C(F)(F)F)c2)s1. The van der Waals surface area contributed by atoms with Crippen molar-refractivity contribution in [2.75, 3.05) is 11.1 Å². The molecule has 0 aliphatic rings. The second kappa shape index (κ2) is 8.49. The number of thiazole rings is 1.